The molecule has 1 atom stereocenters. The fraction of sp³-hybridized carbons (Fsp3) is 0.462. The second-order valence-corrected chi connectivity index (χ2v) is 4.09. The molecule has 0 fully saturated rings. The highest BCUT2D eigenvalue weighted by atomic mass is 16.1. The average molecular weight is 205 g/mol. The van der Waals surface area contributed by atoms with Gasteiger partial charge in [-0.25, -0.2) is 0 Å². The van der Waals surface area contributed by atoms with E-state index in [2.05, 4.69) is 17.4 Å². The van der Waals surface area contributed by atoms with Gasteiger partial charge in [-0.3, -0.25) is 4.79 Å². The maximum Gasteiger partial charge on any atom is 0.152 e. The Morgan fingerprint density at radius 2 is 1.87 bits per heavy atom. The van der Waals surface area contributed by atoms with E-state index in [0.29, 0.717) is 0 Å². The number of rotatable bonds is 5. The molecule has 0 aliphatic heterocycles. The minimum absolute atomic E-state index is 0.0626. The number of ketones is 1. The Balaban J connectivity index is 2.66. The highest BCUT2D eigenvalue weighted by Crippen LogP contribution is 2.07. The molecule has 0 heterocycles. The lowest BCUT2D eigenvalue weighted by atomic mass is 9.96. The Hall–Kier alpha value is -1.15. The van der Waals surface area contributed by atoms with E-state index in [1.54, 1.807) is 0 Å². The van der Waals surface area contributed by atoms with Crippen molar-refractivity contribution >= 4 is 5.78 Å². The normalized spacial score (nSPS) is 12.8. The Morgan fingerprint density at radius 3 is 2.33 bits per heavy atom. The van der Waals surface area contributed by atoms with Gasteiger partial charge in [-0.05, 0) is 19.0 Å². The Labute approximate surface area is 91.7 Å². The van der Waals surface area contributed by atoms with Crippen LogP contribution in [0.15, 0.2) is 30.3 Å². The van der Waals surface area contributed by atoms with E-state index in [0.717, 1.165) is 6.42 Å². The van der Waals surface area contributed by atoms with Gasteiger partial charge in [0.1, 0.15) is 0 Å². The number of hydrogen-bond donors (Lipinski definition) is 1. The van der Waals surface area contributed by atoms with E-state index >= 15 is 0 Å². The molecule has 2 heteroatoms. The first-order valence-corrected chi connectivity index (χ1v) is 5.40. The summed E-state index contributed by atoms with van der Waals surface area (Å²) in [6.45, 7) is 3.88. The Kier molecular flexibility index (Phi) is 4.50. The summed E-state index contributed by atoms with van der Waals surface area (Å²) in [4.78, 5) is 11.8. The van der Waals surface area contributed by atoms with Crippen LogP contribution in [0.4, 0.5) is 0 Å². The van der Waals surface area contributed by atoms with Crippen molar-refractivity contribution in [2.75, 3.05) is 7.05 Å². The Bertz CT molecular complexity index is 306. The topological polar surface area (TPSA) is 29.1 Å². The fourth-order valence-electron chi connectivity index (χ4n) is 1.60. The summed E-state index contributed by atoms with van der Waals surface area (Å²) in [5, 5.41) is 3.08. The van der Waals surface area contributed by atoms with Gasteiger partial charge in [-0.2, -0.15) is 0 Å². The molecule has 2 nitrogen and oxygen atoms in total. The van der Waals surface area contributed by atoms with E-state index in [4.69, 9.17) is 0 Å². The molecule has 0 unspecified atom stereocenters. The first-order chi connectivity index (χ1) is 7.15. The molecule has 0 amide bonds. The van der Waals surface area contributed by atoms with Gasteiger partial charge >= 0.3 is 0 Å². The first kappa shape index (κ1) is 11.9. The zero-order valence-electron chi connectivity index (χ0n) is 9.66. The number of Topliss-reactive ketones (excluding diaryl/α,β-unsaturated/α-hetero) is 1. The molecule has 0 aliphatic carbocycles. The highest BCUT2D eigenvalue weighted by molar-refractivity contribution is 5.85. The monoisotopic (exact) mass is 205 g/mol. The molecule has 82 valence electrons. The maximum atomic E-state index is 11.8. The summed E-state index contributed by atoms with van der Waals surface area (Å²) in [6, 6.07) is 10.0. The molecule has 0 aliphatic rings. The minimum atomic E-state index is -0.0626. The van der Waals surface area contributed by atoms with Crippen LogP contribution in [0.5, 0.6) is 0 Å². The van der Waals surface area contributed by atoms with Crippen molar-refractivity contribution < 1.29 is 4.79 Å². The SMILES string of the molecule is CN[C@@H](Cc1ccccc1)C(=O)C(C)C. The molecule has 1 N–H and O–H groups in total. The molecule has 0 saturated carbocycles. The molecular formula is C13H19NO. The van der Waals surface area contributed by atoms with Gasteiger partial charge in [0.05, 0.1) is 6.04 Å². The van der Waals surface area contributed by atoms with Gasteiger partial charge in [-0.1, -0.05) is 44.2 Å². The van der Waals surface area contributed by atoms with Gasteiger partial charge in [0.25, 0.3) is 0 Å². The number of nitrogens with one attached hydrogen (secondary N) is 1. The highest BCUT2D eigenvalue weighted by Gasteiger charge is 2.19. The lowest BCUT2D eigenvalue weighted by molar-refractivity contribution is -0.123. The van der Waals surface area contributed by atoms with Gasteiger partial charge in [0.2, 0.25) is 0 Å². The molecule has 1 rings (SSSR count). The third-order valence-electron chi connectivity index (χ3n) is 2.54. The van der Waals surface area contributed by atoms with Gasteiger partial charge in [-0.15, -0.1) is 0 Å². The number of likely N-dealkylation sites (N-methyl/N-ethyl adjacent to an activating group) is 1. The Morgan fingerprint density at radius 1 is 1.27 bits per heavy atom. The molecule has 0 radical (unpaired) electrons. The van der Waals surface area contributed by atoms with Crippen LogP contribution in [0.25, 0.3) is 0 Å². The van der Waals surface area contributed by atoms with Crippen molar-refractivity contribution in [3.05, 3.63) is 35.9 Å². The lowest BCUT2D eigenvalue weighted by Crippen LogP contribution is -2.38. The van der Waals surface area contributed by atoms with Gasteiger partial charge in [0.15, 0.2) is 5.78 Å². The molecule has 0 spiro atoms. The summed E-state index contributed by atoms with van der Waals surface area (Å²) in [7, 11) is 1.84. The molecule has 0 bridgehead atoms. The number of carbonyl (C=O) groups is 1. The summed E-state index contributed by atoms with van der Waals surface area (Å²) in [5.74, 6) is 0.368. The number of carbonyl (C=O) groups excluding carboxylic acids is 1. The van der Waals surface area contributed by atoms with E-state index in [-0.39, 0.29) is 17.7 Å². The van der Waals surface area contributed by atoms with Crippen molar-refractivity contribution in [1.82, 2.24) is 5.32 Å². The smallest absolute Gasteiger partial charge is 0.152 e. The van der Waals surface area contributed by atoms with E-state index in [9.17, 15) is 4.79 Å². The first-order valence-electron chi connectivity index (χ1n) is 5.40. The van der Waals surface area contributed by atoms with Crippen molar-refractivity contribution in [2.24, 2.45) is 5.92 Å². The zero-order valence-corrected chi connectivity index (χ0v) is 9.66. The van der Waals surface area contributed by atoms with Crippen molar-refractivity contribution in [3.63, 3.8) is 0 Å². The fourth-order valence-corrected chi connectivity index (χ4v) is 1.60. The quantitative estimate of drug-likeness (QED) is 0.797. The molecule has 15 heavy (non-hydrogen) atoms. The van der Waals surface area contributed by atoms with Crippen LogP contribution < -0.4 is 5.32 Å². The average Bonchev–Trinajstić information content (AvgIpc) is 2.26. The standard InChI is InChI=1S/C13H19NO/c1-10(2)13(15)12(14-3)9-11-7-5-4-6-8-11/h4-8,10,12,14H,9H2,1-3H3/t12-/m0/s1. The number of hydrogen-bond acceptors (Lipinski definition) is 2. The van der Waals surface area contributed by atoms with Crippen molar-refractivity contribution in [2.45, 2.75) is 26.3 Å². The van der Waals surface area contributed by atoms with E-state index in [1.165, 1.54) is 5.56 Å². The predicted octanol–water partition coefficient (Wildman–Crippen LogP) is 2.04. The van der Waals surface area contributed by atoms with Crippen molar-refractivity contribution in [3.8, 4) is 0 Å². The third-order valence-corrected chi connectivity index (χ3v) is 2.54. The van der Waals surface area contributed by atoms with Crippen LogP contribution in [0.1, 0.15) is 19.4 Å². The van der Waals surface area contributed by atoms with Crippen LogP contribution in [0.3, 0.4) is 0 Å². The van der Waals surface area contributed by atoms with E-state index in [1.807, 2.05) is 39.1 Å². The van der Waals surface area contributed by atoms with Crippen LogP contribution in [-0.2, 0) is 11.2 Å². The van der Waals surface area contributed by atoms with Gasteiger partial charge in [0, 0.05) is 5.92 Å². The molecule has 1 aromatic carbocycles. The molecule has 1 aromatic rings. The summed E-state index contributed by atoms with van der Waals surface area (Å²) in [6.07, 6.45) is 0.772. The zero-order chi connectivity index (χ0) is 11.3. The second-order valence-electron chi connectivity index (χ2n) is 4.09. The minimum Gasteiger partial charge on any atom is -0.310 e. The largest absolute Gasteiger partial charge is 0.310 e. The summed E-state index contributed by atoms with van der Waals surface area (Å²) >= 11 is 0. The number of benzene rings is 1. The van der Waals surface area contributed by atoms with Crippen LogP contribution >= 0.6 is 0 Å². The van der Waals surface area contributed by atoms with Crippen molar-refractivity contribution in [1.29, 1.82) is 0 Å². The van der Waals surface area contributed by atoms with E-state index < -0.39 is 0 Å². The lowest BCUT2D eigenvalue weighted by Gasteiger charge is -2.17. The second kappa shape index (κ2) is 5.66. The van der Waals surface area contributed by atoms with Crippen LogP contribution in [0.2, 0.25) is 0 Å². The molecular weight excluding hydrogens is 186 g/mol. The van der Waals surface area contributed by atoms with Gasteiger partial charge < -0.3 is 5.32 Å². The molecule has 0 aromatic heterocycles. The third kappa shape index (κ3) is 3.48. The van der Waals surface area contributed by atoms with Crippen LogP contribution in [-0.4, -0.2) is 18.9 Å². The summed E-state index contributed by atoms with van der Waals surface area (Å²) in [5.41, 5.74) is 1.20. The summed E-state index contributed by atoms with van der Waals surface area (Å²) < 4.78 is 0. The predicted molar refractivity (Wildman–Crippen MR) is 62.8 cm³/mol. The van der Waals surface area contributed by atoms with Crippen LogP contribution in [0, 0.1) is 5.92 Å². The molecule has 0 saturated heterocycles. The maximum absolute atomic E-state index is 11.8.